The van der Waals surface area contributed by atoms with E-state index in [0.717, 1.165) is 32.8 Å². The van der Waals surface area contributed by atoms with Gasteiger partial charge in [0.15, 0.2) is 0 Å². The van der Waals surface area contributed by atoms with Crippen molar-refractivity contribution in [2.24, 2.45) is 5.41 Å². The van der Waals surface area contributed by atoms with Crippen molar-refractivity contribution in [2.75, 3.05) is 26.4 Å². The fourth-order valence-corrected chi connectivity index (χ4v) is 3.32. The molecule has 2 atom stereocenters. The first-order valence-electron chi connectivity index (χ1n) is 7.26. The highest BCUT2D eigenvalue weighted by atomic mass is 16.5. The van der Waals surface area contributed by atoms with Crippen LogP contribution in [0.5, 0.6) is 0 Å². The van der Waals surface area contributed by atoms with Crippen LogP contribution in [0.2, 0.25) is 0 Å². The van der Waals surface area contributed by atoms with Crippen molar-refractivity contribution in [1.82, 2.24) is 5.32 Å². The van der Waals surface area contributed by atoms with Gasteiger partial charge in [-0.25, -0.2) is 0 Å². The molecule has 2 saturated carbocycles. The van der Waals surface area contributed by atoms with Crippen LogP contribution in [0, 0.1) is 5.41 Å². The van der Waals surface area contributed by atoms with Crippen molar-refractivity contribution in [3.8, 4) is 0 Å². The van der Waals surface area contributed by atoms with Crippen molar-refractivity contribution in [2.45, 2.75) is 58.1 Å². The van der Waals surface area contributed by atoms with Crippen LogP contribution in [-0.4, -0.2) is 38.5 Å². The summed E-state index contributed by atoms with van der Waals surface area (Å²) in [6.45, 7) is 7.83. The molecule has 0 aromatic rings. The molecular weight excluding hydrogens is 214 g/mol. The van der Waals surface area contributed by atoms with Gasteiger partial charge in [-0.2, -0.15) is 0 Å². The van der Waals surface area contributed by atoms with Crippen molar-refractivity contribution >= 4 is 0 Å². The van der Waals surface area contributed by atoms with E-state index in [1.165, 1.54) is 25.7 Å². The topological polar surface area (TPSA) is 30.5 Å². The summed E-state index contributed by atoms with van der Waals surface area (Å²) in [5.74, 6) is 0. The van der Waals surface area contributed by atoms with Gasteiger partial charge in [-0.15, -0.1) is 0 Å². The van der Waals surface area contributed by atoms with Gasteiger partial charge in [0.05, 0.1) is 6.10 Å². The smallest absolute Gasteiger partial charge is 0.0661 e. The third kappa shape index (κ3) is 2.67. The number of nitrogens with one attached hydrogen (secondary N) is 1. The van der Waals surface area contributed by atoms with E-state index in [2.05, 4.69) is 19.2 Å². The molecule has 0 aliphatic heterocycles. The van der Waals surface area contributed by atoms with Crippen LogP contribution in [-0.2, 0) is 9.47 Å². The van der Waals surface area contributed by atoms with Gasteiger partial charge in [-0.3, -0.25) is 0 Å². The van der Waals surface area contributed by atoms with Gasteiger partial charge < -0.3 is 14.8 Å². The van der Waals surface area contributed by atoms with Crippen LogP contribution in [0.15, 0.2) is 0 Å². The average molecular weight is 241 g/mol. The predicted molar refractivity (Wildman–Crippen MR) is 69.2 cm³/mol. The molecule has 3 nitrogen and oxygen atoms in total. The molecule has 17 heavy (non-hydrogen) atoms. The van der Waals surface area contributed by atoms with Gasteiger partial charge in [0.25, 0.3) is 0 Å². The Balaban J connectivity index is 1.65. The number of ether oxygens (including phenoxy) is 2. The van der Waals surface area contributed by atoms with Crippen molar-refractivity contribution in [3.05, 3.63) is 0 Å². The van der Waals surface area contributed by atoms with E-state index in [1.54, 1.807) is 0 Å². The zero-order valence-electron chi connectivity index (χ0n) is 11.3. The highest BCUT2D eigenvalue weighted by molar-refractivity contribution is 5.11. The van der Waals surface area contributed by atoms with E-state index in [4.69, 9.17) is 9.47 Å². The molecule has 0 amide bonds. The maximum atomic E-state index is 5.85. The molecule has 1 N–H and O–H groups in total. The van der Waals surface area contributed by atoms with E-state index < -0.39 is 0 Å². The summed E-state index contributed by atoms with van der Waals surface area (Å²) in [6, 6.07) is 0.703. The van der Waals surface area contributed by atoms with Gasteiger partial charge in [0.1, 0.15) is 0 Å². The minimum absolute atomic E-state index is 0.502. The lowest BCUT2D eigenvalue weighted by Gasteiger charge is -2.61. The van der Waals surface area contributed by atoms with Crippen LogP contribution in [0.1, 0.15) is 46.0 Å². The Morgan fingerprint density at radius 3 is 2.65 bits per heavy atom. The first-order chi connectivity index (χ1) is 8.33. The Bertz CT molecular complexity index is 228. The monoisotopic (exact) mass is 241 g/mol. The molecule has 3 heteroatoms. The zero-order valence-corrected chi connectivity index (χ0v) is 11.3. The van der Waals surface area contributed by atoms with Crippen LogP contribution in [0.4, 0.5) is 0 Å². The first kappa shape index (κ1) is 13.3. The lowest BCUT2D eigenvalue weighted by Crippen LogP contribution is -2.67. The van der Waals surface area contributed by atoms with Gasteiger partial charge in [0, 0.05) is 31.3 Å². The Labute approximate surface area is 105 Å². The molecule has 0 bridgehead atoms. The van der Waals surface area contributed by atoms with Crippen molar-refractivity contribution in [3.63, 3.8) is 0 Å². The summed E-state index contributed by atoms with van der Waals surface area (Å²) in [4.78, 5) is 0. The van der Waals surface area contributed by atoms with Crippen molar-refractivity contribution < 1.29 is 9.47 Å². The number of hydrogen-bond donors (Lipinski definition) is 1. The van der Waals surface area contributed by atoms with Crippen LogP contribution >= 0.6 is 0 Å². The summed E-state index contributed by atoms with van der Waals surface area (Å²) in [5.41, 5.74) is 0.502. The summed E-state index contributed by atoms with van der Waals surface area (Å²) in [7, 11) is 0. The second-order valence-electron chi connectivity index (χ2n) is 5.32. The Morgan fingerprint density at radius 1 is 1.24 bits per heavy atom. The maximum Gasteiger partial charge on any atom is 0.0661 e. The van der Waals surface area contributed by atoms with Crippen LogP contribution in [0.25, 0.3) is 0 Å². The summed E-state index contributed by atoms with van der Waals surface area (Å²) in [5, 5.41) is 3.70. The molecule has 0 aromatic carbocycles. The third-order valence-corrected chi connectivity index (χ3v) is 4.50. The largest absolute Gasteiger partial charge is 0.382 e. The van der Waals surface area contributed by atoms with E-state index in [-0.39, 0.29) is 0 Å². The summed E-state index contributed by atoms with van der Waals surface area (Å²) >= 11 is 0. The van der Waals surface area contributed by atoms with Crippen molar-refractivity contribution in [1.29, 1.82) is 0 Å². The minimum atomic E-state index is 0.502. The SMILES string of the molecule is CCOCCCNC1CC(OCC)C12CCC2. The minimum Gasteiger partial charge on any atom is -0.382 e. The van der Waals surface area contributed by atoms with Gasteiger partial charge in [-0.1, -0.05) is 6.42 Å². The number of rotatable bonds is 8. The summed E-state index contributed by atoms with van der Waals surface area (Å²) < 4.78 is 11.2. The van der Waals surface area contributed by atoms with E-state index in [9.17, 15) is 0 Å². The molecule has 0 aromatic heterocycles. The standard InChI is InChI=1S/C14H27NO2/c1-3-16-10-6-9-15-12-11-13(17-4-2)14(12)7-5-8-14/h12-13,15H,3-11H2,1-2H3. The van der Waals surface area contributed by atoms with Gasteiger partial charge >= 0.3 is 0 Å². The first-order valence-corrected chi connectivity index (χ1v) is 7.26. The Hall–Kier alpha value is -0.120. The third-order valence-electron chi connectivity index (χ3n) is 4.50. The van der Waals surface area contributed by atoms with E-state index in [1.807, 2.05) is 0 Å². The van der Waals surface area contributed by atoms with Gasteiger partial charge in [-0.05, 0) is 46.1 Å². The fourth-order valence-electron chi connectivity index (χ4n) is 3.32. The van der Waals surface area contributed by atoms with Gasteiger partial charge in [0.2, 0.25) is 0 Å². The fraction of sp³-hybridized carbons (Fsp3) is 1.00. The molecular formula is C14H27NO2. The van der Waals surface area contributed by atoms with Crippen LogP contribution in [0.3, 0.4) is 0 Å². The molecule has 2 aliphatic carbocycles. The quantitative estimate of drug-likeness (QED) is 0.662. The second kappa shape index (κ2) is 6.17. The Kier molecular flexibility index (Phi) is 4.83. The van der Waals surface area contributed by atoms with E-state index >= 15 is 0 Å². The van der Waals surface area contributed by atoms with E-state index in [0.29, 0.717) is 17.6 Å². The molecule has 2 unspecified atom stereocenters. The normalized spacial score (nSPS) is 30.0. The highest BCUT2D eigenvalue weighted by Crippen LogP contribution is 2.57. The maximum absolute atomic E-state index is 5.85. The lowest BCUT2D eigenvalue weighted by molar-refractivity contribution is -0.172. The zero-order chi connectivity index (χ0) is 12.1. The molecule has 2 fully saturated rings. The highest BCUT2D eigenvalue weighted by Gasteiger charge is 2.58. The second-order valence-corrected chi connectivity index (χ2v) is 5.32. The Morgan fingerprint density at radius 2 is 2.06 bits per heavy atom. The number of hydrogen-bond acceptors (Lipinski definition) is 3. The predicted octanol–water partition coefficient (Wildman–Crippen LogP) is 2.35. The molecule has 0 radical (unpaired) electrons. The molecule has 2 rings (SSSR count). The molecule has 0 saturated heterocycles. The molecule has 2 aliphatic rings. The summed E-state index contributed by atoms with van der Waals surface area (Å²) in [6.07, 6.45) is 6.98. The molecule has 0 heterocycles. The lowest BCUT2D eigenvalue weighted by atomic mass is 9.51. The molecule has 100 valence electrons. The molecule has 1 spiro atoms. The average Bonchev–Trinajstić information content (AvgIpc) is 2.23. The van der Waals surface area contributed by atoms with Crippen LogP contribution < -0.4 is 5.32 Å².